The standard InChI is InChI=1S/C12H16N4O2/c1-8(2)4-10(12(17)18-3)16-11-7-14-9(5-13)6-15-11/h6-8,10H,4H2,1-3H3,(H,15,16). The molecule has 1 atom stereocenters. The molecule has 96 valence electrons. The third-order valence-electron chi connectivity index (χ3n) is 2.28. The lowest BCUT2D eigenvalue weighted by atomic mass is 10.0. The van der Waals surface area contributed by atoms with Gasteiger partial charge in [0.25, 0.3) is 0 Å². The van der Waals surface area contributed by atoms with Crippen LogP contribution in [-0.4, -0.2) is 29.1 Å². The Morgan fingerprint density at radius 3 is 2.67 bits per heavy atom. The Kier molecular flexibility index (Phi) is 5.06. The molecule has 0 aliphatic heterocycles. The van der Waals surface area contributed by atoms with Crippen molar-refractivity contribution >= 4 is 11.8 Å². The van der Waals surface area contributed by atoms with E-state index in [2.05, 4.69) is 15.3 Å². The first-order valence-electron chi connectivity index (χ1n) is 5.63. The van der Waals surface area contributed by atoms with Crippen molar-refractivity contribution < 1.29 is 9.53 Å². The van der Waals surface area contributed by atoms with Gasteiger partial charge in [-0.2, -0.15) is 5.26 Å². The lowest BCUT2D eigenvalue weighted by Crippen LogP contribution is -2.32. The molecule has 0 saturated carbocycles. The molecule has 6 heteroatoms. The molecular weight excluding hydrogens is 232 g/mol. The van der Waals surface area contributed by atoms with E-state index in [4.69, 9.17) is 10.00 Å². The molecule has 0 bridgehead atoms. The first-order valence-corrected chi connectivity index (χ1v) is 5.63. The summed E-state index contributed by atoms with van der Waals surface area (Å²) in [6.45, 7) is 4.03. The number of esters is 1. The third-order valence-corrected chi connectivity index (χ3v) is 2.28. The largest absolute Gasteiger partial charge is 0.467 e. The van der Waals surface area contributed by atoms with Crippen molar-refractivity contribution in [2.45, 2.75) is 26.3 Å². The molecule has 6 nitrogen and oxygen atoms in total. The van der Waals surface area contributed by atoms with Crippen LogP contribution in [0.4, 0.5) is 5.82 Å². The quantitative estimate of drug-likeness (QED) is 0.791. The highest BCUT2D eigenvalue weighted by Gasteiger charge is 2.20. The van der Waals surface area contributed by atoms with E-state index >= 15 is 0 Å². The second-order valence-electron chi connectivity index (χ2n) is 4.25. The van der Waals surface area contributed by atoms with Crippen LogP contribution < -0.4 is 5.32 Å². The van der Waals surface area contributed by atoms with Gasteiger partial charge in [0.05, 0.1) is 19.5 Å². The van der Waals surface area contributed by atoms with Crippen LogP contribution in [0.2, 0.25) is 0 Å². The van der Waals surface area contributed by atoms with Crippen LogP contribution in [0.1, 0.15) is 26.0 Å². The molecule has 0 spiro atoms. The van der Waals surface area contributed by atoms with E-state index in [1.54, 1.807) is 0 Å². The number of carbonyl (C=O) groups is 1. The molecule has 1 rings (SSSR count). The number of hydrogen-bond donors (Lipinski definition) is 1. The van der Waals surface area contributed by atoms with Gasteiger partial charge >= 0.3 is 5.97 Å². The number of hydrogen-bond acceptors (Lipinski definition) is 6. The Hall–Kier alpha value is -2.16. The minimum Gasteiger partial charge on any atom is -0.467 e. The maximum absolute atomic E-state index is 11.6. The topological polar surface area (TPSA) is 87.9 Å². The van der Waals surface area contributed by atoms with Crippen LogP contribution in [-0.2, 0) is 9.53 Å². The predicted octanol–water partition coefficient (Wildman–Crippen LogP) is 1.35. The minimum atomic E-state index is -0.461. The Labute approximate surface area is 106 Å². The summed E-state index contributed by atoms with van der Waals surface area (Å²) in [6.07, 6.45) is 3.41. The fourth-order valence-corrected chi connectivity index (χ4v) is 1.47. The molecule has 0 radical (unpaired) electrons. The lowest BCUT2D eigenvalue weighted by Gasteiger charge is -2.18. The van der Waals surface area contributed by atoms with Gasteiger partial charge in [0.15, 0.2) is 5.69 Å². The summed E-state index contributed by atoms with van der Waals surface area (Å²) in [4.78, 5) is 19.5. The summed E-state index contributed by atoms with van der Waals surface area (Å²) < 4.78 is 4.73. The number of nitrogens with one attached hydrogen (secondary N) is 1. The van der Waals surface area contributed by atoms with Crippen LogP contribution in [0.15, 0.2) is 12.4 Å². The molecule has 0 amide bonds. The van der Waals surface area contributed by atoms with Gasteiger partial charge in [0, 0.05) is 0 Å². The highest BCUT2D eigenvalue weighted by Crippen LogP contribution is 2.11. The van der Waals surface area contributed by atoms with Crippen LogP contribution in [0.5, 0.6) is 0 Å². The van der Waals surface area contributed by atoms with Gasteiger partial charge in [-0.3, -0.25) is 0 Å². The van der Waals surface area contributed by atoms with Crippen molar-refractivity contribution in [1.29, 1.82) is 5.26 Å². The highest BCUT2D eigenvalue weighted by molar-refractivity contribution is 5.78. The number of nitrogens with zero attached hydrogens (tertiary/aromatic N) is 3. The van der Waals surface area contributed by atoms with E-state index in [0.717, 1.165) is 0 Å². The summed E-state index contributed by atoms with van der Waals surface area (Å²) in [5.74, 6) is 0.452. The number of carbonyl (C=O) groups excluding carboxylic acids is 1. The molecule has 1 N–H and O–H groups in total. The molecule has 1 aromatic heterocycles. The second-order valence-corrected chi connectivity index (χ2v) is 4.25. The van der Waals surface area contributed by atoms with Gasteiger partial charge in [-0.25, -0.2) is 14.8 Å². The van der Waals surface area contributed by atoms with Crippen molar-refractivity contribution in [3.63, 3.8) is 0 Å². The fraction of sp³-hybridized carbons (Fsp3) is 0.500. The first kappa shape index (κ1) is 13.9. The van der Waals surface area contributed by atoms with E-state index < -0.39 is 6.04 Å². The lowest BCUT2D eigenvalue weighted by molar-refractivity contribution is -0.141. The Balaban J connectivity index is 2.75. The van der Waals surface area contributed by atoms with Crippen molar-refractivity contribution in [3.05, 3.63) is 18.1 Å². The van der Waals surface area contributed by atoms with Gasteiger partial charge in [0.2, 0.25) is 0 Å². The number of methoxy groups -OCH3 is 1. The zero-order valence-electron chi connectivity index (χ0n) is 10.7. The van der Waals surface area contributed by atoms with E-state index in [1.165, 1.54) is 19.5 Å². The average molecular weight is 248 g/mol. The van der Waals surface area contributed by atoms with Gasteiger partial charge in [-0.1, -0.05) is 13.8 Å². The SMILES string of the molecule is COC(=O)C(CC(C)C)Nc1cnc(C#N)cn1. The maximum atomic E-state index is 11.6. The average Bonchev–Trinajstić information content (AvgIpc) is 2.37. The molecule has 0 aromatic carbocycles. The predicted molar refractivity (Wildman–Crippen MR) is 65.6 cm³/mol. The number of aromatic nitrogens is 2. The smallest absolute Gasteiger partial charge is 0.328 e. The van der Waals surface area contributed by atoms with E-state index in [1.807, 2.05) is 19.9 Å². The van der Waals surface area contributed by atoms with Gasteiger partial charge in [-0.05, 0) is 12.3 Å². The summed E-state index contributed by atoms with van der Waals surface area (Å²) in [5, 5.41) is 11.6. The summed E-state index contributed by atoms with van der Waals surface area (Å²) in [6, 6.07) is 1.42. The molecule has 1 heterocycles. The normalized spacial score (nSPS) is 11.7. The maximum Gasteiger partial charge on any atom is 0.328 e. The Morgan fingerprint density at radius 2 is 2.22 bits per heavy atom. The van der Waals surface area contributed by atoms with Crippen LogP contribution in [0.3, 0.4) is 0 Å². The Bertz CT molecular complexity index is 436. The molecule has 0 aliphatic rings. The van der Waals surface area contributed by atoms with E-state index in [9.17, 15) is 4.79 Å². The molecule has 0 fully saturated rings. The molecule has 0 aliphatic carbocycles. The molecular formula is C12H16N4O2. The zero-order valence-corrected chi connectivity index (χ0v) is 10.7. The van der Waals surface area contributed by atoms with Crippen LogP contribution in [0, 0.1) is 17.2 Å². The van der Waals surface area contributed by atoms with Crippen molar-refractivity contribution in [2.75, 3.05) is 12.4 Å². The number of nitriles is 1. The zero-order chi connectivity index (χ0) is 13.5. The monoisotopic (exact) mass is 248 g/mol. The summed E-state index contributed by atoms with van der Waals surface area (Å²) >= 11 is 0. The molecule has 1 aromatic rings. The van der Waals surface area contributed by atoms with Gasteiger partial charge < -0.3 is 10.1 Å². The van der Waals surface area contributed by atoms with Gasteiger partial charge in [-0.15, -0.1) is 0 Å². The first-order chi connectivity index (χ1) is 8.56. The van der Waals surface area contributed by atoms with Crippen molar-refractivity contribution in [3.8, 4) is 6.07 Å². The molecule has 1 unspecified atom stereocenters. The van der Waals surface area contributed by atoms with Crippen LogP contribution >= 0.6 is 0 Å². The Morgan fingerprint density at radius 1 is 1.50 bits per heavy atom. The summed E-state index contributed by atoms with van der Waals surface area (Å²) in [7, 11) is 1.35. The molecule has 18 heavy (non-hydrogen) atoms. The van der Waals surface area contributed by atoms with Gasteiger partial charge in [0.1, 0.15) is 17.9 Å². The fourth-order valence-electron chi connectivity index (χ4n) is 1.47. The highest BCUT2D eigenvalue weighted by atomic mass is 16.5. The number of anilines is 1. The second kappa shape index (κ2) is 6.55. The van der Waals surface area contributed by atoms with Crippen molar-refractivity contribution in [1.82, 2.24) is 9.97 Å². The van der Waals surface area contributed by atoms with E-state index in [0.29, 0.717) is 18.2 Å². The minimum absolute atomic E-state index is 0.235. The van der Waals surface area contributed by atoms with Crippen molar-refractivity contribution in [2.24, 2.45) is 5.92 Å². The van der Waals surface area contributed by atoms with E-state index in [-0.39, 0.29) is 11.7 Å². The summed E-state index contributed by atoms with van der Waals surface area (Å²) in [5.41, 5.74) is 0.235. The molecule has 0 saturated heterocycles. The number of ether oxygens (including phenoxy) is 1. The van der Waals surface area contributed by atoms with Crippen LogP contribution in [0.25, 0.3) is 0 Å². The third kappa shape index (κ3) is 4.01. The number of rotatable bonds is 5.